The maximum atomic E-state index is 12.3. The molecule has 3 rings (SSSR count). The minimum absolute atomic E-state index is 0.0219. The summed E-state index contributed by atoms with van der Waals surface area (Å²) in [6.45, 7) is 6.34. The molecular weight excluding hydrogens is 342 g/mol. The number of nitrogens with one attached hydrogen (secondary N) is 2. The summed E-state index contributed by atoms with van der Waals surface area (Å²) >= 11 is 0. The molecule has 8 nitrogen and oxygen atoms in total. The van der Waals surface area contributed by atoms with Crippen molar-refractivity contribution in [3.05, 3.63) is 18.5 Å². The number of aromatic nitrogens is 2. The summed E-state index contributed by atoms with van der Waals surface area (Å²) in [6, 6.07) is 2.16. The second-order valence-electron chi connectivity index (χ2n) is 7.10. The van der Waals surface area contributed by atoms with E-state index in [1.54, 1.807) is 12.4 Å². The van der Waals surface area contributed by atoms with Gasteiger partial charge in [0.1, 0.15) is 6.54 Å². The topological polar surface area (TPSA) is 85.8 Å². The van der Waals surface area contributed by atoms with Crippen molar-refractivity contribution in [2.24, 2.45) is 4.99 Å². The molecule has 1 saturated heterocycles. The predicted octanol–water partition coefficient (Wildman–Crippen LogP) is 1.01. The Hall–Kier alpha value is -2.38. The average Bonchev–Trinajstić information content (AvgIpc) is 2.73. The Morgan fingerprint density at radius 3 is 2.52 bits per heavy atom. The van der Waals surface area contributed by atoms with Gasteiger partial charge in [-0.15, -0.1) is 0 Å². The van der Waals surface area contributed by atoms with E-state index >= 15 is 0 Å². The normalized spacial score (nSPS) is 19.1. The molecule has 2 aliphatic rings. The van der Waals surface area contributed by atoms with Gasteiger partial charge in [0, 0.05) is 51.2 Å². The van der Waals surface area contributed by atoms with E-state index in [9.17, 15) is 4.79 Å². The molecule has 2 N–H and O–H groups in total. The summed E-state index contributed by atoms with van der Waals surface area (Å²) in [5.74, 6) is 1.60. The molecule has 1 amide bonds. The van der Waals surface area contributed by atoms with Crippen molar-refractivity contribution in [2.45, 2.75) is 45.1 Å². The number of hydrogen-bond acceptors (Lipinski definition) is 5. The predicted molar refractivity (Wildman–Crippen MR) is 107 cm³/mol. The quantitative estimate of drug-likeness (QED) is 0.592. The van der Waals surface area contributed by atoms with Gasteiger partial charge in [-0.2, -0.15) is 0 Å². The van der Waals surface area contributed by atoms with E-state index in [2.05, 4.69) is 35.4 Å². The molecule has 1 aliphatic carbocycles. The zero-order chi connectivity index (χ0) is 18.9. The highest BCUT2D eigenvalue weighted by Crippen LogP contribution is 2.17. The van der Waals surface area contributed by atoms with Crippen LogP contribution >= 0.6 is 0 Å². The first-order valence-corrected chi connectivity index (χ1v) is 10.1. The average molecular weight is 374 g/mol. The second kappa shape index (κ2) is 10.1. The Bertz CT molecular complexity index is 608. The molecule has 0 unspecified atom stereocenters. The third kappa shape index (κ3) is 5.80. The van der Waals surface area contributed by atoms with Crippen LogP contribution in [0.2, 0.25) is 0 Å². The molecular formula is C19H31N7O. The van der Waals surface area contributed by atoms with E-state index in [0.717, 1.165) is 57.5 Å². The van der Waals surface area contributed by atoms with Gasteiger partial charge in [-0.05, 0) is 25.8 Å². The molecule has 0 aromatic carbocycles. The van der Waals surface area contributed by atoms with Gasteiger partial charge in [-0.1, -0.05) is 19.3 Å². The second-order valence-corrected chi connectivity index (χ2v) is 7.10. The van der Waals surface area contributed by atoms with Crippen molar-refractivity contribution in [1.82, 2.24) is 25.5 Å². The molecule has 1 aromatic rings. The standard InChI is InChI=1S/C19H31N7O/c1-2-20-18(23-15-17(27)24-16-7-4-3-5-8-16)25-11-13-26(14-12-25)19-21-9-6-10-22-19/h6,9-10,16H,2-5,7-8,11-15H2,1H3,(H,20,23)(H,24,27). The van der Waals surface area contributed by atoms with Crippen LogP contribution in [0, 0.1) is 0 Å². The molecule has 0 spiro atoms. The molecule has 1 aliphatic heterocycles. The van der Waals surface area contributed by atoms with Crippen molar-refractivity contribution in [3.8, 4) is 0 Å². The number of guanidine groups is 1. The largest absolute Gasteiger partial charge is 0.357 e. The molecule has 148 valence electrons. The summed E-state index contributed by atoms with van der Waals surface area (Å²) in [4.78, 5) is 29.8. The van der Waals surface area contributed by atoms with Gasteiger partial charge in [0.05, 0.1) is 0 Å². The van der Waals surface area contributed by atoms with Crippen LogP contribution < -0.4 is 15.5 Å². The van der Waals surface area contributed by atoms with Crippen molar-refractivity contribution < 1.29 is 4.79 Å². The van der Waals surface area contributed by atoms with Crippen LogP contribution in [0.15, 0.2) is 23.5 Å². The van der Waals surface area contributed by atoms with Crippen LogP contribution in [0.4, 0.5) is 5.95 Å². The smallest absolute Gasteiger partial charge is 0.242 e. The number of nitrogens with zero attached hydrogens (tertiary/aromatic N) is 5. The molecule has 1 aromatic heterocycles. The van der Waals surface area contributed by atoms with Crippen LogP contribution in [0.25, 0.3) is 0 Å². The summed E-state index contributed by atoms with van der Waals surface area (Å²) in [5, 5.41) is 6.44. The van der Waals surface area contributed by atoms with Crippen LogP contribution in [0.1, 0.15) is 39.0 Å². The Labute approximate surface area is 161 Å². The Morgan fingerprint density at radius 2 is 1.85 bits per heavy atom. The SMILES string of the molecule is CCNC(=NCC(=O)NC1CCCCC1)N1CCN(c2ncccn2)CC1. The van der Waals surface area contributed by atoms with Crippen molar-refractivity contribution in [1.29, 1.82) is 0 Å². The number of aliphatic imine (C=N–C) groups is 1. The molecule has 27 heavy (non-hydrogen) atoms. The van der Waals surface area contributed by atoms with E-state index in [1.807, 2.05) is 13.0 Å². The lowest BCUT2D eigenvalue weighted by molar-refractivity contribution is -0.120. The lowest BCUT2D eigenvalue weighted by Crippen LogP contribution is -2.53. The summed E-state index contributed by atoms with van der Waals surface area (Å²) in [6.07, 6.45) is 9.45. The fourth-order valence-corrected chi connectivity index (χ4v) is 3.67. The molecule has 0 bridgehead atoms. The number of carbonyl (C=O) groups excluding carboxylic acids is 1. The number of rotatable bonds is 5. The molecule has 0 atom stereocenters. The van der Waals surface area contributed by atoms with Crippen molar-refractivity contribution in [3.63, 3.8) is 0 Å². The first-order chi connectivity index (χ1) is 13.3. The van der Waals surface area contributed by atoms with Gasteiger partial charge in [0.15, 0.2) is 5.96 Å². The number of amides is 1. The third-order valence-corrected chi connectivity index (χ3v) is 5.09. The minimum Gasteiger partial charge on any atom is -0.357 e. The van der Waals surface area contributed by atoms with E-state index in [1.165, 1.54) is 19.3 Å². The number of anilines is 1. The number of carbonyl (C=O) groups is 1. The molecule has 1 saturated carbocycles. The summed E-state index contributed by atoms with van der Waals surface area (Å²) in [7, 11) is 0. The summed E-state index contributed by atoms with van der Waals surface area (Å²) in [5.41, 5.74) is 0. The Kier molecular flexibility index (Phi) is 7.24. The van der Waals surface area contributed by atoms with E-state index in [4.69, 9.17) is 0 Å². The van der Waals surface area contributed by atoms with Gasteiger partial charge in [0.25, 0.3) is 0 Å². The van der Waals surface area contributed by atoms with Gasteiger partial charge < -0.3 is 20.4 Å². The highest BCUT2D eigenvalue weighted by Gasteiger charge is 2.21. The zero-order valence-electron chi connectivity index (χ0n) is 16.2. The van der Waals surface area contributed by atoms with Gasteiger partial charge in [0.2, 0.25) is 11.9 Å². The fourth-order valence-electron chi connectivity index (χ4n) is 3.67. The zero-order valence-corrected chi connectivity index (χ0v) is 16.2. The van der Waals surface area contributed by atoms with Gasteiger partial charge in [-0.25, -0.2) is 15.0 Å². The fraction of sp³-hybridized carbons (Fsp3) is 0.684. The first-order valence-electron chi connectivity index (χ1n) is 10.1. The van der Waals surface area contributed by atoms with E-state index < -0.39 is 0 Å². The lowest BCUT2D eigenvalue weighted by atomic mass is 9.95. The third-order valence-electron chi connectivity index (χ3n) is 5.09. The minimum atomic E-state index is 0.0219. The monoisotopic (exact) mass is 373 g/mol. The lowest BCUT2D eigenvalue weighted by Gasteiger charge is -2.36. The Morgan fingerprint density at radius 1 is 1.15 bits per heavy atom. The molecule has 2 heterocycles. The van der Waals surface area contributed by atoms with Crippen LogP contribution in [-0.2, 0) is 4.79 Å². The molecule has 0 radical (unpaired) electrons. The van der Waals surface area contributed by atoms with Gasteiger partial charge >= 0.3 is 0 Å². The van der Waals surface area contributed by atoms with Crippen molar-refractivity contribution >= 4 is 17.8 Å². The first kappa shape index (κ1) is 19.4. The van der Waals surface area contributed by atoms with Crippen LogP contribution in [-0.4, -0.2) is 72.0 Å². The summed E-state index contributed by atoms with van der Waals surface area (Å²) < 4.78 is 0. The Balaban J connectivity index is 1.50. The molecule has 8 heteroatoms. The number of hydrogen-bond donors (Lipinski definition) is 2. The highest BCUT2D eigenvalue weighted by molar-refractivity contribution is 5.85. The van der Waals surface area contributed by atoms with Crippen molar-refractivity contribution in [2.75, 3.05) is 44.2 Å². The highest BCUT2D eigenvalue weighted by atomic mass is 16.1. The van der Waals surface area contributed by atoms with E-state index in [-0.39, 0.29) is 12.5 Å². The molecule has 2 fully saturated rings. The number of piperazine rings is 1. The van der Waals surface area contributed by atoms with Crippen LogP contribution in [0.3, 0.4) is 0 Å². The van der Waals surface area contributed by atoms with Crippen LogP contribution in [0.5, 0.6) is 0 Å². The maximum Gasteiger partial charge on any atom is 0.242 e. The maximum absolute atomic E-state index is 12.3. The van der Waals surface area contributed by atoms with Gasteiger partial charge in [-0.3, -0.25) is 4.79 Å². The van der Waals surface area contributed by atoms with E-state index in [0.29, 0.717) is 6.04 Å².